The van der Waals surface area contributed by atoms with Crippen molar-refractivity contribution in [1.29, 1.82) is 0 Å². The maximum atomic E-state index is 6.24. The molecule has 0 amide bonds. The molecule has 0 heterocycles. The minimum absolute atomic E-state index is 0.122. The van der Waals surface area contributed by atoms with Crippen molar-refractivity contribution in [1.82, 2.24) is 0 Å². The first-order valence-electron chi connectivity index (χ1n) is 5.34. The minimum atomic E-state index is -0.565. The third-order valence-corrected chi connectivity index (χ3v) is 4.43. The van der Waals surface area contributed by atoms with Crippen LogP contribution in [0.4, 0.5) is 0 Å². The molecule has 13 heavy (non-hydrogen) atoms. The van der Waals surface area contributed by atoms with Crippen molar-refractivity contribution in [3.8, 4) is 0 Å². The van der Waals surface area contributed by atoms with Crippen LogP contribution >= 0.6 is 23.2 Å². The van der Waals surface area contributed by atoms with Gasteiger partial charge in [0, 0.05) is 5.41 Å². The Morgan fingerprint density at radius 3 is 1.69 bits per heavy atom. The van der Waals surface area contributed by atoms with Gasteiger partial charge in [0.05, 0.1) is 0 Å². The average Bonchev–Trinajstić information content (AvgIpc) is 1.94. The van der Waals surface area contributed by atoms with Crippen LogP contribution in [0.15, 0.2) is 0 Å². The summed E-state index contributed by atoms with van der Waals surface area (Å²) in [6, 6.07) is 0. The zero-order chi connectivity index (χ0) is 9.95. The molecule has 0 atom stereocenters. The van der Waals surface area contributed by atoms with Crippen molar-refractivity contribution in [2.24, 2.45) is 5.41 Å². The Morgan fingerprint density at radius 1 is 0.923 bits per heavy atom. The highest BCUT2D eigenvalue weighted by molar-refractivity contribution is 6.48. The van der Waals surface area contributed by atoms with E-state index in [4.69, 9.17) is 23.2 Å². The Labute approximate surface area is 92.0 Å². The topological polar surface area (TPSA) is 0 Å². The molecule has 0 N–H and O–H groups in total. The van der Waals surface area contributed by atoms with Gasteiger partial charge in [0.25, 0.3) is 0 Å². The molecule has 1 rings (SSSR count). The van der Waals surface area contributed by atoms with Gasteiger partial charge in [-0.3, -0.25) is 0 Å². The summed E-state index contributed by atoms with van der Waals surface area (Å²) in [7, 11) is 0. The van der Waals surface area contributed by atoms with E-state index in [-0.39, 0.29) is 5.41 Å². The van der Waals surface area contributed by atoms with Crippen molar-refractivity contribution in [3.63, 3.8) is 0 Å². The smallest absolute Gasteiger partial charge is 0.101 e. The lowest BCUT2D eigenvalue weighted by Gasteiger charge is -2.39. The zero-order valence-corrected chi connectivity index (χ0v) is 10.2. The molecule has 0 aromatic rings. The first kappa shape index (κ1) is 11.7. The highest BCUT2D eigenvalue weighted by atomic mass is 35.5. The Balaban J connectivity index is 2.62. The van der Waals surface area contributed by atoms with E-state index in [9.17, 15) is 0 Å². The predicted molar refractivity (Wildman–Crippen MR) is 60.5 cm³/mol. The van der Waals surface area contributed by atoms with E-state index in [0.717, 1.165) is 0 Å². The van der Waals surface area contributed by atoms with Gasteiger partial charge in [-0.1, -0.05) is 39.0 Å². The summed E-state index contributed by atoms with van der Waals surface area (Å²) in [6.45, 7) is 4.18. The van der Waals surface area contributed by atoms with Gasteiger partial charge in [-0.15, -0.1) is 23.2 Å². The number of hydrogen-bond acceptors (Lipinski definition) is 0. The molecule has 0 saturated heterocycles. The van der Waals surface area contributed by atoms with E-state index in [1.165, 1.54) is 44.9 Å². The van der Waals surface area contributed by atoms with Gasteiger partial charge in [-0.2, -0.15) is 0 Å². The van der Waals surface area contributed by atoms with Gasteiger partial charge in [-0.05, 0) is 19.8 Å². The van der Waals surface area contributed by atoms with E-state index in [2.05, 4.69) is 6.92 Å². The van der Waals surface area contributed by atoms with Crippen molar-refractivity contribution in [2.75, 3.05) is 0 Å². The van der Waals surface area contributed by atoms with Crippen molar-refractivity contribution in [2.45, 2.75) is 63.1 Å². The van der Waals surface area contributed by atoms with Crippen LogP contribution in [0.25, 0.3) is 0 Å². The van der Waals surface area contributed by atoms with E-state index >= 15 is 0 Å². The summed E-state index contributed by atoms with van der Waals surface area (Å²) in [5, 5.41) is 0. The first-order chi connectivity index (χ1) is 5.96. The van der Waals surface area contributed by atoms with Crippen molar-refractivity contribution in [3.05, 3.63) is 0 Å². The molecule has 2 heteroatoms. The van der Waals surface area contributed by atoms with E-state index in [0.29, 0.717) is 0 Å². The van der Waals surface area contributed by atoms with E-state index < -0.39 is 4.33 Å². The van der Waals surface area contributed by atoms with Gasteiger partial charge in [-0.25, -0.2) is 0 Å². The molecule has 0 nitrogen and oxygen atoms in total. The molecule has 1 aliphatic carbocycles. The van der Waals surface area contributed by atoms with Gasteiger partial charge >= 0.3 is 0 Å². The van der Waals surface area contributed by atoms with Crippen LogP contribution in [0.2, 0.25) is 0 Å². The van der Waals surface area contributed by atoms with Gasteiger partial charge in [0.2, 0.25) is 0 Å². The maximum absolute atomic E-state index is 6.24. The summed E-state index contributed by atoms with van der Waals surface area (Å²) < 4.78 is -0.565. The Morgan fingerprint density at radius 2 is 1.31 bits per heavy atom. The molecule has 0 aromatic heterocycles. The van der Waals surface area contributed by atoms with Gasteiger partial charge in [0.15, 0.2) is 0 Å². The van der Waals surface area contributed by atoms with Crippen LogP contribution in [-0.2, 0) is 0 Å². The highest BCUT2D eigenvalue weighted by Gasteiger charge is 2.40. The second-order valence-corrected chi connectivity index (χ2v) is 6.42. The minimum Gasteiger partial charge on any atom is -0.101 e. The summed E-state index contributed by atoms with van der Waals surface area (Å²) in [5.41, 5.74) is 0.122. The predicted octanol–water partition coefficient (Wildman–Crippen LogP) is 4.93. The molecular formula is C11H20Cl2. The Bertz CT molecular complexity index is 150. The number of hydrogen-bond donors (Lipinski definition) is 0. The monoisotopic (exact) mass is 222 g/mol. The van der Waals surface area contributed by atoms with E-state index in [1.54, 1.807) is 0 Å². The summed E-state index contributed by atoms with van der Waals surface area (Å²) in [6.07, 6.45) is 9.00. The second-order valence-electron chi connectivity index (χ2n) is 4.72. The molecule has 78 valence electrons. The summed E-state index contributed by atoms with van der Waals surface area (Å²) in [4.78, 5) is 0. The second kappa shape index (κ2) is 4.40. The van der Waals surface area contributed by atoms with E-state index in [1.807, 2.05) is 6.92 Å². The lowest BCUT2D eigenvalue weighted by atomic mass is 9.75. The number of rotatable bonds is 1. The lowest BCUT2D eigenvalue weighted by molar-refractivity contribution is 0.214. The molecule has 1 aliphatic rings. The van der Waals surface area contributed by atoms with Crippen LogP contribution in [0.1, 0.15) is 58.8 Å². The lowest BCUT2D eigenvalue weighted by Crippen LogP contribution is -2.34. The molecule has 1 saturated carbocycles. The molecule has 1 fully saturated rings. The van der Waals surface area contributed by atoms with Gasteiger partial charge < -0.3 is 0 Å². The highest BCUT2D eigenvalue weighted by Crippen LogP contribution is 2.48. The molecule has 0 bridgehead atoms. The molecular weight excluding hydrogens is 203 g/mol. The quantitative estimate of drug-likeness (QED) is 0.553. The Kier molecular flexibility index (Phi) is 3.94. The number of halogens is 2. The Hall–Kier alpha value is 0.580. The summed E-state index contributed by atoms with van der Waals surface area (Å²) >= 11 is 12.5. The zero-order valence-electron chi connectivity index (χ0n) is 8.71. The van der Waals surface area contributed by atoms with Crippen LogP contribution in [-0.4, -0.2) is 4.33 Å². The third kappa shape index (κ3) is 3.02. The SMILES string of the molecule is CC(Cl)(Cl)C1(C)CCCCCCC1. The maximum Gasteiger partial charge on any atom is 0.120 e. The average molecular weight is 223 g/mol. The third-order valence-electron chi connectivity index (χ3n) is 3.52. The number of alkyl halides is 2. The van der Waals surface area contributed by atoms with Crippen LogP contribution in [0.5, 0.6) is 0 Å². The first-order valence-corrected chi connectivity index (χ1v) is 6.09. The fourth-order valence-corrected chi connectivity index (χ4v) is 2.50. The fourth-order valence-electron chi connectivity index (χ4n) is 2.12. The molecule has 0 spiro atoms. The standard InChI is InChI=1S/C11H20Cl2/c1-10(11(2,12)13)8-6-4-3-5-7-9-10/h3-9H2,1-2H3. The van der Waals surface area contributed by atoms with Crippen molar-refractivity contribution >= 4 is 23.2 Å². The molecule has 0 unspecified atom stereocenters. The molecule has 0 radical (unpaired) electrons. The fraction of sp³-hybridized carbons (Fsp3) is 1.00. The summed E-state index contributed by atoms with van der Waals surface area (Å²) in [5.74, 6) is 0. The van der Waals surface area contributed by atoms with Crippen molar-refractivity contribution < 1.29 is 0 Å². The largest absolute Gasteiger partial charge is 0.120 e. The normalized spacial score (nSPS) is 24.9. The molecule has 0 aliphatic heterocycles. The van der Waals surface area contributed by atoms with Crippen LogP contribution < -0.4 is 0 Å². The molecule has 0 aromatic carbocycles. The van der Waals surface area contributed by atoms with Crippen LogP contribution in [0, 0.1) is 5.41 Å². The van der Waals surface area contributed by atoms with Gasteiger partial charge in [0.1, 0.15) is 4.33 Å². The van der Waals surface area contributed by atoms with Crippen LogP contribution in [0.3, 0.4) is 0 Å².